The Labute approximate surface area is 736 Å². The molecule has 4 fully saturated rings. The second-order valence-electron chi connectivity index (χ2n) is 31.2. The lowest BCUT2D eigenvalue weighted by Crippen LogP contribution is -2.33. The van der Waals surface area contributed by atoms with Gasteiger partial charge >= 0.3 is 0 Å². The first-order chi connectivity index (χ1) is 59.5. The number of nitrogens with one attached hydrogen (secondary N) is 8. The van der Waals surface area contributed by atoms with Gasteiger partial charge in [-0.2, -0.15) is 0 Å². The monoisotopic (exact) mass is 1770 g/mol. The highest BCUT2D eigenvalue weighted by molar-refractivity contribution is 6.34. The van der Waals surface area contributed by atoms with Crippen molar-refractivity contribution in [2.75, 3.05) is 42.5 Å². The third kappa shape index (κ3) is 26.7. The lowest BCUT2D eigenvalue weighted by atomic mass is 9.92. The molecule has 20 nitrogen and oxygen atoms in total. The SMILES string of the molecule is N[C@H]1CC[C@H](Nc2cc(-c3ccnc(NCc4ccc(Cl)cc4)c3)c(Cl)cn2)CC1.N[C@H]1CC[C@H](Nc2cc(-c3ccnc(NCc4ccc(F)c(F)c4)c3)c(Cl)cn2)CC1.N[C@H]1CC[C@H](Nc2cc(-c3ccnc(NCc4ccc(F)cc4F)c3)c(Cl)cn2)CC1.N[C@H]1CC[C@H](Nc2cc(-c3ccnc(NCc4cccc(F)c4F)c3)c(Cl)cn2)CC1. The predicted molar refractivity (Wildman–Crippen MR) is 485 cm³/mol. The first kappa shape index (κ1) is 90.1. The van der Waals surface area contributed by atoms with Crippen LogP contribution >= 0.6 is 58.0 Å². The molecule has 0 unspecified atom stereocenters. The number of rotatable bonds is 24. The number of pyridine rings is 8. The van der Waals surface area contributed by atoms with Crippen LogP contribution in [0.2, 0.25) is 25.1 Å². The second-order valence-corrected chi connectivity index (χ2v) is 33.2. The van der Waals surface area contributed by atoms with Gasteiger partial charge in [-0.05, 0) is 245 Å². The van der Waals surface area contributed by atoms with Crippen molar-refractivity contribution in [3.63, 3.8) is 0 Å². The van der Waals surface area contributed by atoms with E-state index in [4.69, 9.17) is 80.9 Å². The third-order valence-corrected chi connectivity index (χ3v) is 23.5. The van der Waals surface area contributed by atoms with E-state index < -0.39 is 34.9 Å². The topological polar surface area (TPSA) is 303 Å². The van der Waals surface area contributed by atoms with Gasteiger partial charge in [-0.3, -0.25) is 0 Å². The maximum Gasteiger partial charge on any atom is 0.163 e. The molecular formula is C92H97Cl5F6N20. The van der Waals surface area contributed by atoms with Crippen LogP contribution in [0.25, 0.3) is 44.5 Å². The van der Waals surface area contributed by atoms with E-state index in [2.05, 4.69) is 82.4 Å². The van der Waals surface area contributed by atoms with E-state index in [0.29, 0.717) is 98.0 Å². The number of nitrogens with two attached hydrogens (primary N) is 4. The average Bonchev–Trinajstić information content (AvgIpc) is 0.827. The number of hydrogen-bond acceptors (Lipinski definition) is 20. The zero-order valence-corrected chi connectivity index (χ0v) is 71.1. The Balaban J connectivity index is 0.000000141. The summed E-state index contributed by atoms with van der Waals surface area (Å²) in [4.78, 5) is 35.0. The maximum atomic E-state index is 13.9. The molecule has 0 amide bonds. The molecule has 0 spiro atoms. The van der Waals surface area contributed by atoms with Crippen LogP contribution in [0.15, 0.2) is 201 Å². The van der Waals surface area contributed by atoms with E-state index in [1.54, 1.807) is 49.6 Å². The number of benzene rings is 4. The van der Waals surface area contributed by atoms with Crippen LogP contribution < -0.4 is 65.5 Å². The number of nitrogens with zero attached hydrogens (tertiary/aromatic N) is 8. The molecule has 4 saturated carbocycles. The van der Waals surface area contributed by atoms with Crippen LogP contribution in [-0.4, -0.2) is 88.2 Å². The lowest BCUT2D eigenvalue weighted by molar-refractivity contribution is 0.410. The minimum Gasteiger partial charge on any atom is -0.367 e. The molecule has 642 valence electrons. The number of anilines is 8. The summed E-state index contributed by atoms with van der Waals surface area (Å²) in [6.45, 7) is 1.27. The lowest BCUT2D eigenvalue weighted by Gasteiger charge is -2.27. The first-order valence-corrected chi connectivity index (χ1v) is 43.0. The van der Waals surface area contributed by atoms with E-state index in [1.807, 2.05) is 97.1 Å². The van der Waals surface area contributed by atoms with Crippen LogP contribution in [0, 0.1) is 34.9 Å². The zero-order valence-electron chi connectivity index (χ0n) is 67.4. The molecule has 31 heteroatoms. The quantitative estimate of drug-likeness (QED) is 0.0250. The van der Waals surface area contributed by atoms with Crippen LogP contribution in [0.1, 0.15) is 125 Å². The minimum atomic E-state index is -0.871. The molecule has 0 bridgehead atoms. The summed E-state index contributed by atoms with van der Waals surface area (Å²) in [7, 11) is 0. The van der Waals surface area contributed by atoms with Crippen molar-refractivity contribution < 1.29 is 26.3 Å². The standard InChI is InChI=1S/C23H25Cl2N5.3C23H24ClF2N5/c24-17-3-1-15(2-4-17)13-28-22-11-16(9-10-27-22)20-12-23(29-14-21(20)25)30-19-7-5-18(26)6-8-19;24-19-13-30-23(31-17-4-2-16(27)3-5-17)11-18(19)15-7-8-28-22(10-15)29-12-14-1-6-20(25)21(26)9-14;24-20-13-30-23(31-18-5-3-17(27)4-6-18)11-19(20)14-7-8-28-22(9-14)29-12-15-1-2-16(25)10-21(15)26;24-19-13-30-22(31-17-6-4-16(27)5-7-17)11-18(19)14-8-9-28-21(10-14)29-12-15-2-1-3-20(25)23(15)26/h1-4,9-12,14,18-19H,5-8,13,26H2,(H,27,28)(H,29,30);1,6-11,13,16-17H,2-5,12,27H2,(H,28,29)(H,30,31);1-2,7-11,13,17-18H,3-6,12,27H2,(H,28,29)(H,30,31);1-3,8-11,13,16-17H,4-7,12,27H2,(H,28,29)(H,30,31)/t18-,19-;16-,17-;17-,18-;16-,17-. The Hall–Kier alpha value is -10.7. The molecule has 4 aliphatic carbocycles. The van der Waals surface area contributed by atoms with Gasteiger partial charge in [0, 0.05) is 169 Å². The molecule has 4 aromatic carbocycles. The molecule has 0 atom stereocenters. The molecule has 123 heavy (non-hydrogen) atoms. The van der Waals surface area contributed by atoms with Crippen LogP contribution in [0.3, 0.4) is 0 Å². The van der Waals surface area contributed by atoms with E-state index in [9.17, 15) is 26.3 Å². The Bertz CT molecular complexity index is 5490. The normalized spacial score (nSPS) is 18.6. The van der Waals surface area contributed by atoms with Gasteiger partial charge in [0.1, 0.15) is 58.2 Å². The average molecular weight is 1770 g/mol. The second kappa shape index (κ2) is 44.1. The summed E-state index contributed by atoms with van der Waals surface area (Å²) < 4.78 is 80.8. The molecule has 8 heterocycles. The number of hydrogen-bond donors (Lipinski definition) is 12. The maximum absolute atomic E-state index is 13.9. The van der Waals surface area contributed by atoms with Crippen molar-refractivity contribution in [2.45, 2.75) is 177 Å². The van der Waals surface area contributed by atoms with Gasteiger partial charge in [-0.1, -0.05) is 94.4 Å². The highest BCUT2D eigenvalue weighted by Gasteiger charge is 2.25. The molecule has 16 rings (SSSR count). The largest absolute Gasteiger partial charge is 0.367 e. The third-order valence-electron chi connectivity index (χ3n) is 22.0. The Kier molecular flexibility index (Phi) is 32.3. The summed E-state index contributed by atoms with van der Waals surface area (Å²) in [6, 6.07) is 44.7. The Morgan fingerprint density at radius 1 is 0.285 bits per heavy atom. The summed E-state index contributed by atoms with van der Waals surface area (Å²) >= 11 is 31.7. The number of aromatic nitrogens is 8. The summed E-state index contributed by atoms with van der Waals surface area (Å²) in [5, 5.41) is 29.5. The molecular weight excluding hydrogens is 1680 g/mol. The van der Waals surface area contributed by atoms with E-state index >= 15 is 0 Å². The van der Waals surface area contributed by atoms with E-state index in [0.717, 1.165) is 205 Å². The highest BCUT2D eigenvalue weighted by Crippen LogP contribution is 2.38. The van der Waals surface area contributed by atoms with Gasteiger partial charge in [0.05, 0.1) is 20.1 Å². The van der Waals surface area contributed by atoms with Crippen molar-refractivity contribution in [1.82, 2.24) is 39.9 Å². The Morgan fingerprint density at radius 3 is 0.967 bits per heavy atom. The van der Waals surface area contributed by atoms with Crippen molar-refractivity contribution in [3.05, 3.63) is 284 Å². The van der Waals surface area contributed by atoms with Gasteiger partial charge in [-0.25, -0.2) is 66.2 Å². The van der Waals surface area contributed by atoms with Crippen LogP contribution in [0.4, 0.5) is 72.9 Å². The number of halogens is 11. The molecule has 0 radical (unpaired) electrons. The van der Waals surface area contributed by atoms with Gasteiger partial charge < -0.3 is 65.5 Å². The zero-order chi connectivity index (χ0) is 86.3. The van der Waals surface area contributed by atoms with Crippen LogP contribution in [-0.2, 0) is 26.2 Å². The molecule has 8 aromatic heterocycles. The summed E-state index contributed by atoms with van der Waals surface area (Å²) in [6.07, 6.45) is 29.7. The molecule has 16 N–H and O–H groups in total. The molecule has 0 aliphatic heterocycles. The Morgan fingerprint density at radius 2 is 0.618 bits per heavy atom. The van der Waals surface area contributed by atoms with Gasteiger partial charge in [0.25, 0.3) is 0 Å². The van der Waals surface area contributed by atoms with Crippen molar-refractivity contribution in [3.8, 4) is 44.5 Å². The fourth-order valence-corrected chi connectivity index (χ4v) is 16.0. The molecule has 12 aromatic rings. The van der Waals surface area contributed by atoms with E-state index in [1.165, 1.54) is 36.4 Å². The fourth-order valence-electron chi connectivity index (χ4n) is 15.0. The van der Waals surface area contributed by atoms with Gasteiger partial charge in [0.2, 0.25) is 0 Å². The smallest absolute Gasteiger partial charge is 0.163 e. The van der Waals surface area contributed by atoms with Gasteiger partial charge in [0.15, 0.2) is 23.3 Å². The molecule has 4 aliphatic rings. The molecule has 0 saturated heterocycles. The van der Waals surface area contributed by atoms with Crippen molar-refractivity contribution in [2.24, 2.45) is 22.9 Å². The fraction of sp³-hybridized carbons (Fsp3) is 0.304. The van der Waals surface area contributed by atoms with Gasteiger partial charge in [-0.15, -0.1) is 0 Å². The highest BCUT2D eigenvalue weighted by atomic mass is 35.5. The van der Waals surface area contributed by atoms with Crippen molar-refractivity contribution in [1.29, 1.82) is 0 Å². The predicted octanol–water partition coefficient (Wildman–Crippen LogP) is 21.9. The van der Waals surface area contributed by atoms with E-state index in [-0.39, 0.29) is 30.7 Å². The summed E-state index contributed by atoms with van der Waals surface area (Å²) in [5.74, 6) is 0.942. The van der Waals surface area contributed by atoms with Crippen LogP contribution in [0.5, 0.6) is 0 Å². The minimum absolute atomic E-state index is 0.112. The van der Waals surface area contributed by atoms with Crippen molar-refractivity contribution >= 4 is 105 Å². The first-order valence-electron chi connectivity index (χ1n) is 41.1. The summed E-state index contributed by atoms with van der Waals surface area (Å²) in [5.41, 5.74) is 33.3.